The molecule has 194 valence electrons. The number of carboxylic acids is 2. The van der Waals surface area contributed by atoms with Crippen LogP contribution in [0.2, 0.25) is 0 Å². The van der Waals surface area contributed by atoms with Crippen LogP contribution in [-0.2, 0) is 30.4 Å². The standard InChI is InChI=1S/C23H34N4O8/c1-12(2)10-17(21(32)25-16(23(34)35)8-9-19(29)30)27-22(33)18(26-20(31)13(3)24)11-14-4-6-15(28)7-5-14/h4-7,12-13,16-18,28H,8-11,24H2,1-3H3,(H,25,32)(H,26,31)(H,27,33)(H,29,30)(H,34,35). The second kappa shape index (κ2) is 13.9. The topological polar surface area (TPSA) is 208 Å². The van der Waals surface area contributed by atoms with Crippen molar-refractivity contribution in [2.24, 2.45) is 11.7 Å². The fourth-order valence-corrected chi connectivity index (χ4v) is 3.15. The maximum atomic E-state index is 13.1. The monoisotopic (exact) mass is 494 g/mol. The van der Waals surface area contributed by atoms with Gasteiger partial charge in [-0.3, -0.25) is 19.2 Å². The second-order valence-corrected chi connectivity index (χ2v) is 8.74. The Kier molecular flexibility index (Phi) is 11.7. The zero-order valence-electron chi connectivity index (χ0n) is 20.0. The highest BCUT2D eigenvalue weighted by molar-refractivity contribution is 5.94. The number of amides is 3. The van der Waals surface area contributed by atoms with Crippen molar-refractivity contribution in [2.45, 2.75) is 70.6 Å². The van der Waals surface area contributed by atoms with E-state index in [1.165, 1.54) is 19.1 Å². The SMILES string of the molecule is CC(C)CC(NC(=O)C(Cc1ccc(O)cc1)NC(=O)C(C)N)C(=O)NC(CCC(=O)O)C(=O)O. The van der Waals surface area contributed by atoms with Crippen molar-refractivity contribution >= 4 is 29.7 Å². The van der Waals surface area contributed by atoms with E-state index in [-0.39, 0.29) is 30.9 Å². The molecular weight excluding hydrogens is 460 g/mol. The minimum absolute atomic E-state index is 0.0268. The van der Waals surface area contributed by atoms with E-state index in [9.17, 15) is 34.2 Å². The lowest BCUT2D eigenvalue weighted by Gasteiger charge is -2.26. The van der Waals surface area contributed by atoms with Gasteiger partial charge in [-0.25, -0.2) is 4.79 Å². The summed E-state index contributed by atoms with van der Waals surface area (Å²) < 4.78 is 0. The number of aromatic hydroxyl groups is 1. The Hall–Kier alpha value is -3.67. The molecule has 0 aliphatic heterocycles. The molecule has 12 nitrogen and oxygen atoms in total. The van der Waals surface area contributed by atoms with Gasteiger partial charge in [0.15, 0.2) is 0 Å². The third kappa shape index (κ3) is 10.9. The van der Waals surface area contributed by atoms with Gasteiger partial charge in [0.2, 0.25) is 17.7 Å². The van der Waals surface area contributed by atoms with Crippen molar-refractivity contribution in [1.82, 2.24) is 16.0 Å². The number of phenolic OH excluding ortho intramolecular Hbond substituents is 1. The molecule has 8 N–H and O–H groups in total. The third-order valence-electron chi connectivity index (χ3n) is 5.02. The molecule has 12 heteroatoms. The molecule has 1 aromatic carbocycles. The lowest BCUT2D eigenvalue weighted by molar-refractivity contribution is -0.143. The predicted molar refractivity (Wildman–Crippen MR) is 125 cm³/mol. The molecule has 0 radical (unpaired) electrons. The summed E-state index contributed by atoms with van der Waals surface area (Å²) in [5.74, 6) is -4.71. The summed E-state index contributed by atoms with van der Waals surface area (Å²) in [5.41, 5.74) is 6.23. The molecule has 0 spiro atoms. The van der Waals surface area contributed by atoms with Gasteiger partial charge in [-0.05, 0) is 43.4 Å². The van der Waals surface area contributed by atoms with Crippen molar-refractivity contribution in [2.75, 3.05) is 0 Å². The maximum Gasteiger partial charge on any atom is 0.326 e. The Morgan fingerprint density at radius 1 is 0.829 bits per heavy atom. The first-order valence-corrected chi connectivity index (χ1v) is 11.2. The van der Waals surface area contributed by atoms with Crippen LogP contribution in [0.15, 0.2) is 24.3 Å². The molecule has 0 saturated heterocycles. The number of phenols is 1. The van der Waals surface area contributed by atoms with Gasteiger partial charge in [0, 0.05) is 12.8 Å². The highest BCUT2D eigenvalue weighted by Gasteiger charge is 2.30. The minimum atomic E-state index is -1.45. The Morgan fingerprint density at radius 2 is 1.34 bits per heavy atom. The molecule has 0 fully saturated rings. The first kappa shape index (κ1) is 29.4. The van der Waals surface area contributed by atoms with Crippen LogP contribution in [0.5, 0.6) is 5.75 Å². The van der Waals surface area contributed by atoms with E-state index in [1.807, 2.05) is 0 Å². The van der Waals surface area contributed by atoms with Gasteiger partial charge >= 0.3 is 11.9 Å². The van der Waals surface area contributed by atoms with Crippen LogP contribution in [0.25, 0.3) is 0 Å². The normalized spacial score (nSPS) is 14.3. The van der Waals surface area contributed by atoms with Gasteiger partial charge < -0.3 is 37.0 Å². The Labute approximate surface area is 203 Å². The summed E-state index contributed by atoms with van der Waals surface area (Å²) in [6, 6.07) is 1.41. The maximum absolute atomic E-state index is 13.1. The summed E-state index contributed by atoms with van der Waals surface area (Å²) in [5, 5.41) is 35.0. The Morgan fingerprint density at radius 3 is 1.83 bits per heavy atom. The number of hydrogen-bond acceptors (Lipinski definition) is 7. The number of carboxylic acid groups (broad SMARTS) is 2. The molecule has 4 atom stereocenters. The molecule has 0 bridgehead atoms. The summed E-state index contributed by atoms with van der Waals surface area (Å²) in [6.07, 6.45) is -0.587. The largest absolute Gasteiger partial charge is 0.508 e. The highest BCUT2D eigenvalue weighted by Crippen LogP contribution is 2.13. The van der Waals surface area contributed by atoms with Gasteiger partial charge in [-0.2, -0.15) is 0 Å². The van der Waals surface area contributed by atoms with E-state index < -0.39 is 60.2 Å². The van der Waals surface area contributed by atoms with E-state index in [4.69, 9.17) is 10.8 Å². The van der Waals surface area contributed by atoms with Crippen LogP contribution in [0.3, 0.4) is 0 Å². The van der Waals surface area contributed by atoms with Crippen LogP contribution < -0.4 is 21.7 Å². The minimum Gasteiger partial charge on any atom is -0.508 e. The zero-order valence-corrected chi connectivity index (χ0v) is 20.0. The molecule has 35 heavy (non-hydrogen) atoms. The molecule has 0 aliphatic carbocycles. The lowest BCUT2D eigenvalue weighted by Crippen LogP contribution is -2.57. The second-order valence-electron chi connectivity index (χ2n) is 8.74. The molecule has 0 aromatic heterocycles. The lowest BCUT2D eigenvalue weighted by atomic mass is 10.00. The van der Waals surface area contributed by atoms with Crippen molar-refractivity contribution in [3.8, 4) is 5.75 Å². The molecule has 4 unspecified atom stereocenters. The van der Waals surface area contributed by atoms with E-state index >= 15 is 0 Å². The molecule has 1 rings (SSSR count). The van der Waals surface area contributed by atoms with Crippen LogP contribution in [0.1, 0.15) is 45.6 Å². The summed E-state index contributed by atoms with van der Waals surface area (Å²) in [7, 11) is 0. The third-order valence-corrected chi connectivity index (χ3v) is 5.02. The number of nitrogens with one attached hydrogen (secondary N) is 3. The number of carbonyl (C=O) groups excluding carboxylic acids is 3. The van der Waals surface area contributed by atoms with Gasteiger partial charge in [-0.1, -0.05) is 26.0 Å². The number of carbonyl (C=O) groups is 5. The molecule has 0 saturated carbocycles. The van der Waals surface area contributed by atoms with Gasteiger partial charge in [0.25, 0.3) is 0 Å². The Balaban J connectivity index is 3.07. The number of aliphatic carboxylic acids is 2. The highest BCUT2D eigenvalue weighted by atomic mass is 16.4. The molecule has 0 aliphatic rings. The first-order chi connectivity index (χ1) is 16.3. The quantitative estimate of drug-likeness (QED) is 0.181. The van der Waals surface area contributed by atoms with E-state index in [0.717, 1.165) is 0 Å². The zero-order chi connectivity index (χ0) is 26.7. The molecule has 0 heterocycles. The number of nitrogens with two attached hydrogens (primary N) is 1. The fraction of sp³-hybridized carbons (Fsp3) is 0.522. The van der Waals surface area contributed by atoms with Gasteiger partial charge in [0.05, 0.1) is 6.04 Å². The number of hydrogen-bond donors (Lipinski definition) is 7. The predicted octanol–water partition coefficient (Wildman–Crippen LogP) is -0.268. The van der Waals surface area contributed by atoms with Gasteiger partial charge in [-0.15, -0.1) is 0 Å². The average Bonchev–Trinajstić information content (AvgIpc) is 2.76. The van der Waals surface area contributed by atoms with Crippen molar-refractivity contribution < 1.29 is 39.3 Å². The first-order valence-electron chi connectivity index (χ1n) is 11.2. The summed E-state index contributed by atoms with van der Waals surface area (Å²) in [4.78, 5) is 60.4. The van der Waals surface area contributed by atoms with Crippen molar-refractivity contribution in [3.63, 3.8) is 0 Å². The van der Waals surface area contributed by atoms with E-state index in [0.29, 0.717) is 5.56 Å². The molecular formula is C23H34N4O8. The van der Waals surface area contributed by atoms with Crippen molar-refractivity contribution in [1.29, 1.82) is 0 Å². The smallest absolute Gasteiger partial charge is 0.326 e. The Bertz CT molecular complexity index is 901. The van der Waals surface area contributed by atoms with E-state index in [1.54, 1.807) is 26.0 Å². The molecule has 1 aromatic rings. The van der Waals surface area contributed by atoms with Crippen LogP contribution in [0.4, 0.5) is 0 Å². The van der Waals surface area contributed by atoms with E-state index in [2.05, 4.69) is 16.0 Å². The van der Waals surface area contributed by atoms with Crippen LogP contribution >= 0.6 is 0 Å². The molecule has 3 amide bonds. The van der Waals surface area contributed by atoms with Crippen LogP contribution in [0, 0.1) is 5.92 Å². The summed E-state index contributed by atoms with van der Waals surface area (Å²) >= 11 is 0. The van der Waals surface area contributed by atoms with Crippen molar-refractivity contribution in [3.05, 3.63) is 29.8 Å². The average molecular weight is 495 g/mol. The van der Waals surface area contributed by atoms with Crippen LogP contribution in [-0.4, -0.2) is 69.1 Å². The van der Waals surface area contributed by atoms with Gasteiger partial charge in [0.1, 0.15) is 23.9 Å². The summed E-state index contributed by atoms with van der Waals surface area (Å²) in [6.45, 7) is 5.05. The number of benzene rings is 1. The fourth-order valence-electron chi connectivity index (χ4n) is 3.15. The number of rotatable bonds is 14.